The number of aryl methyl sites for hydroxylation is 1. The first-order valence-electron chi connectivity index (χ1n) is 10.2. The van der Waals surface area contributed by atoms with Crippen LogP contribution in [0, 0.1) is 6.92 Å². The molecule has 0 spiro atoms. The largest absolute Gasteiger partial charge is 0.495 e. The van der Waals surface area contributed by atoms with Crippen LogP contribution in [0.4, 0.5) is 5.69 Å². The number of ether oxygens (including phenoxy) is 2. The van der Waals surface area contributed by atoms with Crippen molar-refractivity contribution in [2.24, 2.45) is 0 Å². The fourth-order valence-corrected chi connectivity index (χ4v) is 4.31. The summed E-state index contributed by atoms with van der Waals surface area (Å²) < 4.78 is 38.8. The maximum atomic E-state index is 12.8. The summed E-state index contributed by atoms with van der Waals surface area (Å²) in [5, 5.41) is 2.73. The molecule has 0 aliphatic carbocycles. The first-order valence-corrected chi connectivity index (χ1v) is 11.7. The van der Waals surface area contributed by atoms with Gasteiger partial charge in [-0.3, -0.25) is 4.79 Å². The summed E-state index contributed by atoms with van der Waals surface area (Å²) in [7, 11) is -2.27. The molecule has 0 saturated heterocycles. The van der Waals surface area contributed by atoms with Crippen molar-refractivity contribution in [2.75, 3.05) is 12.4 Å². The maximum Gasteiger partial charge on any atom is 0.265 e. The van der Waals surface area contributed by atoms with Crippen LogP contribution in [0.1, 0.15) is 51.7 Å². The molecule has 0 radical (unpaired) electrons. The number of hydrogen-bond donors (Lipinski definition) is 2. The molecule has 7 nitrogen and oxygen atoms in total. The Morgan fingerprint density at radius 2 is 1.65 bits per heavy atom. The van der Waals surface area contributed by atoms with E-state index in [9.17, 15) is 13.2 Å². The first kappa shape index (κ1) is 24.7. The minimum Gasteiger partial charge on any atom is -0.495 e. The highest BCUT2D eigenvalue weighted by atomic mass is 32.2. The van der Waals surface area contributed by atoms with Gasteiger partial charge in [-0.2, -0.15) is 0 Å². The number of methoxy groups -OCH3 is 1. The van der Waals surface area contributed by atoms with Crippen molar-refractivity contribution in [3.05, 3.63) is 47.5 Å². The van der Waals surface area contributed by atoms with Gasteiger partial charge in [-0.05, 0) is 69.0 Å². The van der Waals surface area contributed by atoms with Crippen LogP contribution < -0.4 is 19.5 Å². The van der Waals surface area contributed by atoms with Gasteiger partial charge < -0.3 is 14.8 Å². The second kappa shape index (κ2) is 10.2. The second-order valence-electron chi connectivity index (χ2n) is 8.08. The van der Waals surface area contributed by atoms with Gasteiger partial charge in [0.25, 0.3) is 5.91 Å². The third kappa shape index (κ3) is 6.45. The lowest BCUT2D eigenvalue weighted by atomic mass is 10.0. The van der Waals surface area contributed by atoms with Crippen LogP contribution in [0.2, 0.25) is 0 Å². The molecule has 1 amide bonds. The van der Waals surface area contributed by atoms with Crippen molar-refractivity contribution in [1.29, 1.82) is 0 Å². The minimum atomic E-state index is -3.72. The van der Waals surface area contributed by atoms with Gasteiger partial charge in [0.2, 0.25) is 10.0 Å². The fourth-order valence-electron chi connectivity index (χ4n) is 3.03. The average Bonchev–Trinajstić information content (AvgIpc) is 2.66. The number of sulfonamides is 1. The molecular formula is C23H32N2O5S. The number of amides is 1. The molecular weight excluding hydrogens is 416 g/mol. The van der Waals surface area contributed by atoms with Crippen LogP contribution in [0.25, 0.3) is 0 Å². The molecule has 0 fully saturated rings. The molecule has 0 aromatic heterocycles. The summed E-state index contributed by atoms with van der Waals surface area (Å²) in [6, 6.07) is 9.97. The number of benzene rings is 2. The summed E-state index contributed by atoms with van der Waals surface area (Å²) in [6.45, 7) is 11.2. The Bertz CT molecular complexity index is 1030. The zero-order valence-electron chi connectivity index (χ0n) is 19.1. The van der Waals surface area contributed by atoms with Crippen LogP contribution in [0.5, 0.6) is 11.5 Å². The van der Waals surface area contributed by atoms with E-state index in [0.29, 0.717) is 11.5 Å². The van der Waals surface area contributed by atoms with E-state index < -0.39 is 22.0 Å². The average molecular weight is 449 g/mol. The van der Waals surface area contributed by atoms with E-state index in [0.717, 1.165) is 11.1 Å². The van der Waals surface area contributed by atoms with Gasteiger partial charge in [-0.25, -0.2) is 13.1 Å². The van der Waals surface area contributed by atoms with Crippen LogP contribution in [-0.4, -0.2) is 33.6 Å². The fraction of sp³-hybridized carbons (Fsp3) is 0.435. The number of nitrogens with one attached hydrogen (secondary N) is 2. The van der Waals surface area contributed by atoms with E-state index in [2.05, 4.69) is 23.9 Å². The zero-order chi connectivity index (χ0) is 23.3. The SMILES string of the molecule is COc1ccc(S(=O)(=O)NC(C)C)cc1NC(=O)[C@@H](C)Oc1cc(C)ccc1C(C)C. The van der Waals surface area contributed by atoms with Gasteiger partial charge in [0.1, 0.15) is 11.5 Å². The first-order chi connectivity index (χ1) is 14.4. The molecule has 0 saturated carbocycles. The molecule has 2 N–H and O–H groups in total. The van der Waals surface area contributed by atoms with Gasteiger partial charge in [-0.1, -0.05) is 26.0 Å². The Labute approximate surface area is 185 Å². The number of carbonyl (C=O) groups is 1. The third-order valence-corrected chi connectivity index (χ3v) is 6.25. The van der Waals surface area contributed by atoms with Gasteiger partial charge in [-0.15, -0.1) is 0 Å². The molecule has 0 unspecified atom stereocenters. The lowest BCUT2D eigenvalue weighted by molar-refractivity contribution is -0.122. The topological polar surface area (TPSA) is 93.7 Å². The Morgan fingerprint density at radius 1 is 0.968 bits per heavy atom. The summed E-state index contributed by atoms with van der Waals surface area (Å²) in [5.41, 5.74) is 2.29. The standard InChI is InChI=1S/C23H32N2O5S/c1-14(2)19-10-8-16(5)12-22(19)30-17(6)23(26)24-20-13-18(9-11-21(20)29-7)31(27,28)25-15(3)4/h8-15,17,25H,1-7H3,(H,24,26)/t17-/m1/s1. The van der Waals surface area contributed by atoms with Crippen molar-refractivity contribution in [2.45, 2.75) is 64.5 Å². The van der Waals surface area contributed by atoms with Crippen molar-refractivity contribution in [3.63, 3.8) is 0 Å². The van der Waals surface area contributed by atoms with E-state index in [1.54, 1.807) is 20.8 Å². The van der Waals surface area contributed by atoms with E-state index in [4.69, 9.17) is 9.47 Å². The highest BCUT2D eigenvalue weighted by Crippen LogP contribution is 2.30. The number of carbonyl (C=O) groups excluding carboxylic acids is 1. The molecule has 0 aliphatic rings. The lowest BCUT2D eigenvalue weighted by Gasteiger charge is -2.20. The van der Waals surface area contributed by atoms with Crippen LogP contribution in [0.3, 0.4) is 0 Å². The second-order valence-corrected chi connectivity index (χ2v) is 9.80. The predicted octanol–water partition coefficient (Wildman–Crippen LogP) is 4.22. The number of anilines is 1. The zero-order valence-corrected chi connectivity index (χ0v) is 20.0. The normalized spacial score (nSPS) is 12.7. The van der Waals surface area contributed by atoms with Crippen molar-refractivity contribution in [3.8, 4) is 11.5 Å². The lowest BCUT2D eigenvalue weighted by Crippen LogP contribution is -2.31. The summed E-state index contributed by atoms with van der Waals surface area (Å²) in [5.74, 6) is 0.826. The minimum absolute atomic E-state index is 0.0339. The molecule has 31 heavy (non-hydrogen) atoms. The summed E-state index contributed by atoms with van der Waals surface area (Å²) in [6.07, 6.45) is -0.807. The van der Waals surface area contributed by atoms with E-state index >= 15 is 0 Å². The molecule has 0 aliphatic heterocycles. The molecule has 2 aromatic rings. The van der Waals surface area contributed by atoms with Crippen molar-refractivity contribution < 1.29 is 22.7 Å². The van der Waals surface area contributed by atoms with E-state index in [1.165, 1.54) is 25.3 Å². The Hall–Kier alpha value is -2.58. The molecule has 0 heterocycles. The number of rotatable bonds is 9. The van der Waals surface area contributed by atoms with Gasteiger partial charge in [0, 0.05) is 6.04 Å². The highest BCUT2D eigenvalue weighted by Gasteiger charge is 2.22. The van der Waals surface area contributed by atoms with Gasteiger partial charge in [0.15, 0.2) is 6.10 Å². The van der Waals surface area contributed by atoms with Crippen LogP contribution in [0.15, 0.2) is 41.3 Å². The monoisotopic (exact) mass is 448 g/mol. The highest BCUT2D eigenvalue weighted by molar-refractivity contribution is 7.89. The van der Waals surface area contributed by atoms with Gasteiger partial charge >= 0.3 is 0 Å². The Balaban J connectivity index is 2.27. The summed E-state index contributed by atoms with van der Waals surface area (Å²) in [4.78, 5) is 12.9. The van der Waals surface area contributed by atoms with Crippen molar-refractivity contribution in [1.82, 2.24) is 4.72 Å². The maximum absolute atomic E-state index is 12.8. The summed E-state index contributed by atoms with van der Waals surface area (Å²) >= 11 is 0. The number of hydrogen-bond acceptors (Lipinski definition) is 5. The van der Waals surface area contributed by atoms with Gasteiger partial charge in [0.05, 0.1) is 17.7 Å². The van der Waals surface area contributed by atoms with Crippen molar-refractivity contribution >= 4 is 21.6 Å². The third-order valence-electron chi connectivity index (χ3n) is 4.59. The molecule has 2 rings (SSSR count). The molecule has 170 valence electrons. The Morgan fingerprint density at radius 3 is 2.23 bits per heavy atom. The van der Waals surface area contributed by atoms with E-state index in [1.807, 2.05) is 25.1 Å². The quantitative estimate of drug-likeness (QED) is 0.599. The molecule has 0 bridgehead atoms. The van der Waals surface area contributed by atoms with E-state index in [-0.39, 0.29) is 22.5 Å². The Kier molecular flexibility index (Phi) is 8.08. The van der Waals surface area contributed by atoms with Crippen LogP contribution >= 0.6 is 0 Å². The molecule has 2 aromatic carbocycles. The predicted molar refractivity (Wildman–Crippen MR) is 122 cm³/mol. The van der Waals surface area contributed by atoms with Crippen LogP contribution in [-0.2, 0) is 14.8 Å². The molecule has 8 heteroatoms. The molecule has 1 atom stereocenters. The smallest absolute Gasteiger partial charge is 0.265 e.